The highest BCUT2D eigenvalue weighted by atomic mass is 16.5. The minimum absolute atomic E-state index is 0.00807. The zero-order chi connectivity index (χ0) is 20.1. The summed E-state index contributed by atoms with van der Waals surface area (Å²) in [7, 11) is 3.24. The molecule has 2 heterocycles. The number of nitrogens with zero attached hydrogens (tertiary/aromatic N) is 2. The number of urea groups is 1. The van der Waals surface area contributed by atoms with E-state index in [9.17, 15) is 9.59 Å². The molecule has 0 aliphatic carbocycles. The van der Waals surface area contributed by atoms with Crippen molar-refractivity contribution >= 4 is 11.9 Å². The van der Waals surface area contributed by atoms with E-state index in [0.717, 1.165) is 50.9 Å². The molecule has 0 saturated carbocycles. The zero-order valence-electron chi connectivity index (χ0n) is 17.1. The quantitative estimate of drug-likeness (QED) is 0.841. The summed E-state index contributed by atoms with van der Waals surface area (Å²) < 4.78 is 10.7. The Morgan fingerprint density at radius 2 is 1.79 bits per heavy atom. The van der Waals surface area contributed by atoms with Gasteiger partial charge in [-0.3, -0.25) is 4.79 Å². The summed E-state index contributed by atoms with van der Waals surface area (Å²) in [6, 6.07) is 5.92. The predicted octanol–water partition coefficient (Wildman–Crippen LogP) is 2.81. The van der Waals surface area contributed by atoms with Crippen LogP contribution in [-0.4, -0.2) is 62.1 Å². The fourth-order valence-corrected chi connectivity index (χ4v) is 4.20. The summed E-state index contributed by atoms with van der Waals surface area (Å²) in [5, 5.41) is 3.12. The molecule has 2 saturated heterocycles. The third-order valence-corrected chi connectivity index (χ3v) is 5.91. The monoisotopic (exact) mass is 389 g/mol. The Hall–Kier alpha value is -2.44. The molecule has 3 rings (SSSR count). The fraction of sp³-hybridized carbons (Fsp3) is 0.619. The Kier molecular flexibility index (Phi) is 6.65. The first-order chi connectivity index (χ1) is 13.5. The van der Waals surface area contributed by atoms with Gasteiger partial charge in [-0.1, -0.05) is 6.07 Å². The zero-order valence-corrected chi connectivity index (χ0v) is 17.1. The normalized spacial score (nSPS) is 20.2. The van der Waals surface area contributed by atoms with E-state index in [-0.39, 0.29) is 18.0 Å². The minimum atomic E-state index is -0.00807. The van der Waals surface area contributed by atoms with Gasteiger partial charge in [-0.2, -0.15) is 0 Å². The van der Waals surface area contributed by atoms with Crippen molar-refractivity contribution in [1.82, 2.24) is 15.1 Å². The van der Waals surface area contributed by atoms with Gasteiger partial charge in [0.25, 0.3) is 0 Å². The predicted molar refractivity (Wildman–Crippen MR) is 107 cm³/mol. The summed E-state index contributed by atoms with van der Waals surface area (Å²) in [6.45, 7) is 4.61. The van der Waals surface area contributed by atoms with Crippen molar-refractivity contribution in [2.24, 2.45) is 5.92 Å². The molecule has 0 aromatic heterocycles. The van der Waals surface area contributed by atoms with Gasteiger partial charge in [-0.15, -0.1) is 0 Å². The molecule has 7 heteroatoms. The number of hydrogen-bond acceptors (Lipinski definition) is 4. The number of amides is 3. The molecule has 1 atom stereocenters. The lowest BCUT2D eigenvalue weighted by atomic mass is 9.97. The number of carbonyl (C=O) groups excluding carboxylic acids is 2. The van der Waals surface area contributed by atoms with E-state index in [1.165, 1.54) is 0 Å². The standard InChI is InChI=1S/C21H31N3O4/c1-15(25)23-11-8-16(9-12-23)14-22-21(26)24-10-4-5-18(24)17-6-7-19(27-2)20(13-17)28-3/h6-7,13,16,18H,4-5,8-12,14H2,1-3H3,(H,22,26). The molecule has 1 aromatic carbocycles. The Labute approximate surface area is 167 Å². The van der Waals surface area contributed by atoms with Gasteiger partial charge in [-0.05, 0) is 49.3 Å². The van der Waals surface area contributed by atoms with Gasteiger partial charge in [0.2, 0.25) is 5.91 Å². The number of likely N-dealkylation sites (tertiary alicyclic amines) is 2. The fourth-order valence-electron chi connectivity index (χ4n) is 4.20. The molecule has 2 aliphatic rings. The summed E-state index contributed by atoms with van der Waals surface area (Å²) in [4.78, 5) is 28.1. The summed E-state index contributed by atoms with van der Waals surface area (Å²) in [6.07, 6.45) is 3.82. The molecule has 2 aliphatic heterocycles. The van der Waals surface area contributed by atoms with Gasteiger partial charge in [-0.25, -0.2) is 4.79 Å². The van der Waals surface area contributed by atoms with Crippen LogP contribution < -0.4 is 14.8 Å². The van der Waals surface area contributed by atoms with Crippen LogP contribution in [0.15, 0.2) is 18.2 Å². The van der Waals surface area contributed by atoms with Gasteiger partial charge in [0.15, 0.2) is 11.5 Å². The topological polar surface area (TPSA) is 71.1 Å². The lowest BCUT2D eigenvalue weighted by Crippen LogP contribution is -2.44. The third kappa shape index (κ3) is 4.51. The van der Waals surface area contributed by atoms with Gasteiger partial charge in [0, 0.05) is 33.1 Å². The highest BCUT2D eigenvalue weighted by molar-refractivity contribution is 5.75. The van der Waals surface area contributed by atoms with E-state index in [1.807, 2.05) is 28.0 Å². The maximum atomic E-state index is 12.8. The van der Waals surface area contributed by atoms with Gasteiger partial charge in [0.1, 0.15) is 0 Å². The van der Waals surface area contributed by atoms with Crippen LogP contribution in [0.1, 0.15) is 44.2 Å². The molecule has 0 radical (unpaired) electrons. The molecule has 154 valence electrons. The second-order valence-corrected chi connectivity index (χ2v) is 7.60. The van der Waals surface area contributed by atoms with Crippen molar-refractivity contribution in [1.29, 1.82) is 0 Å². The molecule has 3 amide bonds. The average molecular weight is 389 g/mol. The molecule has 2 fully saturated rings. The van der Waals surface area contributed by atoms with Crippen LogP contribution in [0.25, 0.3) is 0 Å². The van der Waals surface area contributed by atoms with E-state index < -0.39 is 0 Å². The number of nitrogens with one attached hydrogen (secondary N) is 1. The Morgan fingerprint density at radius 3 is 2.43 bits per heavy atom. The number of rotatable bonds is 5. The van der Waals surface area contributed by atoms with Crippen molar-refractivity contribution in [3.8, 4) is 11.5 Å². The molecule has 7 nitrogen and oxygen atoms in total. The van der Waals surface area contributed by atoms with Crippen LogP contribution in [0.4, 0.5) is 4.79 Å². The summed E-state index contributed by atoms with van der Waals surface area (Å²) in [5.41, 5.74) is 1.07. The van der Waals surface area contributed by atoms with Crippen LogP contribution >= 0.6 is 0 Å². The second kappa shape index (κ2) is 9.17. The molecule has 1 N–H and O–H groups in total. The number of methoxy groups -OCH3 is 2. The minimum Gasteiger partial charge on any atom is -0.493 e. The molecule has 1 aromatic rings. The first kappa shape index (κ1) is 20.3. The van der Waals surface area contributed by atoms with Crippen LogP contribution in [0.2, 0.25) is 0 Å². The molecule has 0 spiro atoms. The first-order valence-corrected chi connectivity index (χ1v) is 10.1. The number of carbonyl (C=O) groups is 2. The average Bonchev–Trinajstić information content (AvgIpc) is 3.21. The summed E-state index contributed by atoms with van der Waals surface area (Å²) >= 11 is 0. The van der Waals surface area contributed by atoms with Crippen molar-refractivity contribution in [2.75, 3.05) is 40.4 Å². The van der Waals surface area contributed by atoms with Gasteiger partial charge >= 0.3 is 6.03 Å². The van der Waals surface area contributed by atoms with E-state index in [0.29, 0.717) is 24.0 Å². The maximum Gasteiger partial charge on any atom is 0.317 e. The Bertz CT molecular complexity index is 701. The largest absolute Gasteiger partial charge is 0.493 e. The van der Waals surface area contributed by atoms with Crippen LogP contribution in [-0.2, 0) is 4.79 Å². The third-order valence-electron chi connectivity index (χ3n) is 5.91. The van der Waals surface area contributed by atoms with Gasteiger partial charge < -0.3 is 24.6 Å². The van der Waals surface area contributed by atoms with E-state index >= 15 is 0 Å². The maximum absolute atomic E-state index is 12.8. The smallest absolute Gasteiger partial charge is 0.317 e. The van der Waals surface area contributed by atoms with Gasteiger partial charge in [0.05, 0.1) is 20.3 Å². The molecule has 1 unspecified atom stereocenters. The summed E-state index contributed by atoms with van der Waals surface area (Å²) in [5.74, 6) is 1.95. The molecule has 0 bridgehead atoms. The lowest BCUT2D eigenvalue weighted by Gasteiger charge is -2.32. The second-order valence-electron chi connectivity index (χ2n) is 7.60. The Balaban J connectivity index is 1.57. The molecular formula is C21H31N3O4. The number of benzene rings is 1. The number of ether oxygens (including phenoxy) is 2. The van der Waals surface area contributed by atoms with E-state index in [1.54, 1.807) is 21.1 Å². The number of hydrogen-bond donors (Lipinski definition) is 1. The Morgan fingerprint density at radius 1 is 1.07 bits per heavy atom. The SMILES string of the molecule is COc1ccc(C2CCCN2C(=O)NCC2CCN(C(C)=O)CC2)cc1OC. The lowest BCUT2D eigenvalue weighted by molar-refractivity contribution is -0.130. The van der Waals surface area contributed by atoms with E-state index in [2.05, 4.69) is 5.32 Å². The van der Waals surface area contributed by atoms with Crippen molar-refractivity contribution in [2.45, 2.75) is 38.6 Å². The van der Waals surface area contributed by atoms with Crippen LogP contribution in [0.3, 0.4) is 0 Å². The van der Waals surface area contributed by atoms with Crippen LogP contribution in [0, 0.1) is 5.92 Å². The van der Waals surface area contributed by atoms with Crippen molar-refractivity contribution < 1.29 is 19.1 Å². The highest BCUT2D eigenvalue weighted by Crippen LogP contribution is 2.36. The number of piperidine rings is 1. The van der Waals surface area contributed by atoms with E-state index in [4.69, 9.17) is 9.47 Å². The highest BCUT2D eigenvalue weighted by Gasteiger charge is 2.31. The molecular weight excluding hydrogens is 358 g/mol. The first-order valence-electron chi connectivity index (χ1n) is 10.1. The van der Waals surface area contributed by atoms with Crippen LogP contribution in [0.5, 0.6) is 11.5 Å². The van der Waals surface area contributed by atoms with Crippen molar-refractivity contribution in [3.05, 3.63) is 23.8 Å². The van der Waals surface area contributed by atoms with Crippen molar-refractivity contribution in [3.63, 3.8) is 0 Å². The molecule has 28 heavy (non-hydrogen) atoms.